The Labute approximate surface area is 139 Å². The van der Waals surface area contributed by atoms with Gasteiger partial charge < -0.3 is 14.4 Å². The highest BCUT2D eigenvalue weighted by molar-refractivity contribution is 5.88. The zero-order chi connectivity index (χ0) is 16.8. The predicted molar refractivity (Wildman–Crippen MR) is 80.8 cm³/mol. The SMILES string of the molecule is N#Cc1ccc(OC[C@]23COC[C@H]2CN(C(=O)C2(F)CC2)C3)nc1. The fraction of sp³-hybridized carbons (Fsp3) is 0.588. The van der Waals surface area contributed by atoms with E-state index in [0.29, 0.717) is 57.2 Å². The molecule has 0 bridgehead atoms. The fourth-order valence-electron chi connectivity index (χ4n) is 3.55. The molecule has 0 radical (unpaired) electrons. The molecule has 3 fully saturated rings. The molecule has 126 valence electrons. The summed E-state index contributed by atoms with van der Waals surface area (Å²) in [6.07, 6.45) is 2.13. The minimum absolute atomic E-state index is 0.155. The summed E-state index contributed by atoms with van der Waals surface area (Å²) in [6.45, 7) is 2.40. The fourth-order valence-corrected chi connectivity index (χ4v) is 3.55. The number of hydrogen-bond acceptors (Lipinski definition) is 5. The smallest absolute Gasteiger partial charge is 0.260 e. The number of amides is 1. The van der Waals surface area contributed by atoms with E-state index in [-0.39, 0.29) is 17.2 Å². The number of alkyl halides is 1. The maximum atomic E-state index is 14.1. The molecule has 0 spiro atoms. The van der Waals surface area contributed by atoms with Gasteiger partial charge in [0.1, 0.15) is 6.07 Å². The van der Waals surface area contributed by atoms with Crippen LogP contribution in [0.15, 0.2) is 18.3 Å². The molecule has 7 heteroatoms. The summed E-state index contributed by atoms with van der Waals surface area (Å²) in [5.41, 5.74) is -1.47. The van der Waals surface area contributed by atoms with Crippen molar-refractivity contribution in [2.24, 2.45) is 11.3 Å². The van der Waals surface area contributed by atoms with Crippen LogP contribution < -0.4 is 4.74 Å². The second kappa shape index (κ2) is 5.42. The number of rotatable bonds is 4. The highest BCUT2D eigenvalue weighted by atomic mass is 19.1. The molecule has 2 atom stereocenters. The average Bonchev–Trinajstić information content (AvgIpc) is 3.08. The molecule has 24 heavy (non-hydrogen) atoms. The van der Waals surface area contributed by atoms with E-state index in [4.69, 9.17) is 14.7 Å². The van der Waals surface area contributed by atoms with Crippen LogP contribution >= 0.6 is 0 Å². The summed E-state index contributed by atoms with van der Waals surface area (Å²) in [7, 11) is 0. The zero-order valence-corrected chi connectivity index (χ0v) is 13.2. The molecule has 1 amide bonds. The number of carbonyl (C=O) groups is 1. The molecule has 6 nitrogen and oxygen atoms in total. The molecule has 0 unspecified atom stereocenters. The second-order valence-electron chi connectivity index (χ2n) is 7.01. The molecular weight excluding hydrogens is 313 g/mol. The number of ether oxygens (including phenoxy) is 2. The third-order valence-electron chi connectivity index (χ3n) is 5.25. The molecule has 0 N–H and O–H groups in total. The lowest BCUT2D eigenvalue weighted by Crippen LogP contribution is -2.41. The minimum Gasteiger partial charge on any atom is -0.477 e. The van der Waals surface area contributed by atoms with Crippen molar-refractivity contribution < 1.29 is 18.7 Å². The standard InChI is InChI=1S/C17H18FN3O3/c18-17(3-4-17)15(22)21-7-13-8-23-10-16(13,9-21)11-24-14-2-1-12(5-19)6-20-14/h1-2,6,13H,3-4,7-11H2/t13-,16+/m1/s1. The first-order valence-electron chi connectivity index (χ1n) is 8.10. The van der Waals surface area contributed by atoms with Gasteiger partial charge in [-0.25, -0.2) is 9.37 Å². The molecule has 2 saturated heterocycles. The number of nitriles is 1. The number of nitrogens with zero attached hydrogens (tertiary/aromatic N) is 3. The Morgan fingerprint density at radius 2 is 2.38 bits per heavy atom. The van der Waals surface area contributed by atoms with Crippen LogP contribution in [0.3, 0.4) is 0 Å². The Hall–Kier alpha value is -2.20. The zero-order valence-electron chi connectivity index (χ0n) is 13.2. The van der Waals surface area contributed by atoms with Gasteiger partial charge in [0.25, 0.3) is 5.91 Å². The van der Waals surface area contributed by atoms with Crippen molar-refractivity contribution in [1.29, 1.82) is 5.26 Å². The van der Waals surface area contributed by atoms with Gasteiger partial charge in [0.2, 0.25) is 5.88 Å². The lowest BCUT2D eigenvalue weighted by atomic mass is 9.82. The molecule has 0 aromatic carbocycles. The Balaban J connectivity index is 1.44. The van der Waals surface area contributed by atoms with Gasteiger partial charge in [-0.2, -0.15) is 5.26 Å². The molecule has 4 rings (SSSR count). The first kappa shape index (κ1) is 15.3. The maximum Gasteiger partial charge on any atom is 0.260 e. The van der Waals surface area contributed by atoms with E-state index in [1.165, 1.54) is 6.20 Å². The third kappa shape index (κ3) is 2.51. The normalized spacial score (nSPS) is 29.8. The highest BCUT2D eigenvalue weighted by Gasteiger charge is 2.58. The molecule has 1 aliphatic carbocycles. The van der Waals surface area contributed by atoms with Crippen LogP contribution in [0.25, 0.3) is 0 Å². The summed E-state index contributed by atoms with van der Waals surface area (Å²) in [5, 5.41) is 8.79. The van der Waals surface area contributed by atoms with Crippen LogP contribution in [0.2, 0.25) is 0 Å². The van der Waals surface area contributed by atoms with Gasteiger partial charge in [-0.1, -0.05) is 0 Å². The van der Waals surface area contributed by atoms with Crippen molar-refractivity contribution in [1.82, 2.24) is 9.88 Å². The average molecular weight is 331 g/mol. The summed E-state index contributed by atoms with van der Waals surface area (Å²) < 4.78 is 25.5. The highest BCUT2D eigenvalue weighted by Crippen LogP contribution is 2.46. The summed E-state index contributed by atoms with van der Waals surface area (Å²) in [4.78, 5) is 18.0. The monoisotopic (exact) mass is 331 g/mol. The van der Waals surface area contributed by atoms with Crippen molar-refractivity contribution in [3.8, 4) is 11.9 Å². The number of fused-ring (bicyclic) bond motifs is 1. The number of pyridine rings is 1. The third-order valence-corrected chi connectivity index (χ3v) is 5.25. The Bertz CT molecular complexity index is 698. The molecule has 1 aromatic rings. The summed E-state index contributed by atoms with van der Waals surface area (Å²) in [5.74, 6) is 0.206. The number of aromatic nitrogens is 1. The molecule has 1 saturated carbocycles. The van der Waals surface area contributed by atoms with Crippen molar-refractivity contribution in [3.05, 3.63) is 23.9 Å². The number of likely N-dealkylation sites (tertiary alicyclic amines) is 1. The molecular formula is C17H18FN3O3. The lowest BCUT2D eigenvalue weighted by molar-refractivity contribution is -0.138. The van der Waals surface area contributed by atoms with Gasteiger partial charge in [-0.15, -0.1) is 0 Å². The summed E-state index contributed by atoms with van der Waals surface area (Å²) in [6, 6.07) is 5.30. The van der Waals surface area contributed by atoms with E-state index in [0.717, 1.165) is 0 Å². The quantitative estimate of drug-likeness (QED) is 0.831. The molecule has 1 aromatic heterocycles. The van der Waals surface area contributed by atoms with E-state index in [9.17, 15) is 9.18 Å². The molecule has 2 aliphatic heterocycles. The first-order chi connectivity index (χ1) is 11.5. The molecule has 3 aliphatic rings. The Morgan fingerprint density at radius 1 is 1.54 bits per heavy atom. The maximum absolute atomic E-state index is 14.1. The van der Waals surface area contributed by atoms with Crippen molar-refractivity contribution >= 4 is 5.91 Å². The van der Waals surface area contributed by atoms with Crippen LogP contribution in [0, 0.1) is 22.7 Å². The Kier molecular flexibility index (Phi) is 3.46. The van der Waals surface area contributed by atoms with Gasteiger partial charge >= 0.3 is 0 Å². The first-order valence-corrected chi connectivity index (χ1v) is 8.10. The topological polar surface area (TPSA) is 75.5 Å². The largest absolute Gasteiger partial charge is 0.477 e. The van der Waals surface area contributed by atoms with Gasteiger partial charge in [-0.05, 0) is 18.9 Å². The van der Waals surface area contributed by atoms with Crippen LogP contribution in [0.1, 0.15) is 18.4 Å². The molecule has 3 heterocycles. The van der Waals surface area contributed by atoms with Crippen LogP contribution in [-0.2, 0) is 9.53 Å². The van der Waals surface area contributed by atoms with Gasteiger partial charge in [0.05, 0.1) is 30.8 Å². The van der Waals surface area contributed by atoms with E-state index in [2.05, 4.69) is 4.98 Å². The summed E-state index contributed by atoms with van der Waals surface area (Å²) >= 11 is 0. The number of halogens is 1. The van der Waals surface area contributed by atoms with Gasteiger partial charge in [0.15, 0.2) is 5.67 Å². The van der Waals surface area contributed by atoms with Crippen molar-refractivity contribution in [2.45, 2.75) is 18.5 Å². The van der Waals surface area contributed by atoms with Crippen molar-refractivity contribution in [2.75, 3.05) is 32.9 Å². The minimum atomic E-state index is -1.63. The van der Waals surface area contributed by atoms with Crippen LogP contribution in [0.4, 0.5) is 4.39 Å². The lowest BCUT2D eigenvalue weighted by Gasteiger charge is -2.27. The van der Waals surface area contributed by atoms with E-state index in [1.54, 1.807) is 17.0 Å². The van der Waals surface area contributed by atoms with Crippen LogP contribution in [-0.4, -0.2) is 54.4 Å². The van der Waals surface area contributed by atoms with Gasteiger partial charge in [0, 0.05) is 31.3 Å². The van der Waals surface area contributed by atoms with Crippen LogP contribution in [0.5, 0.6) is 5.88 Å². The van der Waals surface area contributed by atoms with E-state index < -0.39 is 5.67 Å². The van der Waals surface area contributed by atoms with E-state index >= 15 is 0 Å². The Morgan fingerprint density at radius 3 is 3.04 bits per heavy atom. The van der Waals surface area contributed by atoms with Gasteiger partial charge in [-0.3, -0.25) is 4.79 Å². The number of carbonyl (C=O) groups excluding carboxylic acids is 1. The predicted octanol–water partition coefficient (Wildman–Crippen LogP) is 1.31. The number of hydrogen-bond donors (Lipinski definition) is 0. The second-order valence-corrected chi connectivity index (χ2v) is 7.01. The van der Waals surface area contributed by atoms with E-state index in [1.807, 2.05) is 6.07 Å². The van der Waals surface area contributed by atoms with Crippen molar-refractivity contribution in [3.63, 3.8) is 0 Å².